The molecule has 8 heteroatoms. The molecule has 0 amide bonds. The third-order valence-corrected chi connectivity index (χ3v) is 8.80. The van der Waals surface area contributed by atoms with E-state index < -0.39 is 20.1 Å². The summed E-state index contributed by atoms with van der Waals surface area (Å²) >= 11 is 10.9. The van der Waals surface area contributed by atoms with Crippen LogP contribution in [0.1, 0.15) is 24.6 Å². The zero-order chi connectivity index (χ0) is 14.1. The van der Waals surface area contributed by atoms with Gasteiger partial charge in [-0.05, 0) is 41.8 Å². The van der Waals surface area contributed by atoms with Gasteiger partial charge in [-0.2, -0.15) is 0 Å². The van der Waals surface area contributed by atoms with E-state index in [1.54, 1.807) is 13.0 Å². The summed E-state index contributed by atoms with van der Waals surface area (Å²) in [6.45, 7) is 1.77. The first-order valence-corrected chi connectivity index (χ1v) is 9.38. The maximum absolute atomic E-state index is 12.5. The molecule has 0 aromatic carbocycles. The summed E-state index contributed by atoms with van der Waals surface area (Å²) in [5.41, 5.74) is 5.06. The van der Waals surface area contributed by atoms with Gasteiger partial charge in [-0.3, -0.25) is 4.99 Å². The Morgan fingerprint density at radius 1 is 1.53 bits per heavy atom. The lowest BCUT2D eigenvalue weighted by Crippen LogP contribution is -2.50. The highest BCUT2D eigenvalue weighted by Gasteiger charge is 2.62. The zero-order valence-electron chi connectivity index (χ0n) is 10.1. The van der Waals surface area contributed by atoms with Crippen LogP contribution in [-0.2, 0) is 15.4 Å². The SMILES string of the molecule is CC1(c2sc(Br)cc2Cl)CS(=O)(=O)C2(CC2)C(N)=N1. The number of amidine groups is 1. The Balaban J connectivity index is 2.17. The van der Waals surface area contributed by atoms with Crippen LogP contribution in [0.2, 0.25) is 5.02 Å². The second kappa shape index (κ2) is 3.96. The summed E-state index contributed by atoms with van der Waals surface area (Å²) < 4.78 is 24.9. The molecule has 1 aromatic heterocycles. The normalized spacial score (nSPS) is 31.2. The van der Waals surface area contributed by atoms with E-state index >= 15 is 0 Å². The lowest BCUT2D eigenvalue weighted by molar-refractivity contribution is 0.520. The van der Waals surface area contributed by atoms with Crippen molar-refractivity contribution in [2.24, 2.45) is 10.7 Å². The van der Waals surface area contributed by atoms with Crippen LogP contribution in [0.3, 0.4) is 0 Å². The van der Waals surface area contributed by atoms with Gasteiger partial charge in [0.25, 0.3) is 0 Å². The van der Waals surface area contributed by atoms with Gasteiger partial charge < -0.3 is 5.73 Å². The summed E-state index contributed by atoms with van der Waals surface area (Å²) in [5, 5.41) is 0.526. The van der Waals surface area contributed by atoms with Crippen molar-refractivity contribution in [3.05, 3.63) is 19.8 Å². The van der Waals surface area contributed by atoms with Crippen molar-refractivity contribution in [3.8, 4) is 0 Å². The zero-order valence-corrected chi connectivity index (χ0v) is 14.1. The van der Waals surface area contributed by atoms with Crippen LogP contribution in [-0.4, -0.2) is 24.8 Å². The van der Waals surface area contributed by atoms with Crippen LogP contribution in [0.15, 0.2) is 14.8 Å². The van der Waals surface area contributed by atoms with E-state index in [1.807, 2.05) is 0 Å². The number of hydrogen-bond acceptors (Lipinski definition) is 5. The monoisotopic (exact) mass is 382 g/mol. The molecule has 1 aliphatic carbocycles. The van der Waals surface area contributed by atoms with Crippen molar-refractivity contribution in [1.82, 2.24) is 0 Å². The fourth-order valence-corrected chi connectivity index (χ4v) is 7.18. The number of rotatable bonds is 1. The van der Waals surface area contributed by atoms with E-state index in [0.29, 0.717) is 17.9 Å². The first-order valence-electron chi connectivity index (χ1n) is 5.74. The Morgan fingerprint density at radius 3 is 2.58 bits per heavy atom. The van der Waals surface area contributed by atoms with Crippen LogP contribution >= 0.6 is 38.9 Å². The van der Waals surface area contributed by atoms with Crippen LogP contribution in [0.25, 0.3) is 0 Å². The molecule has 2 aliphatic rings. The molecule has 1 aromatic rings. The lowest BCUT2D eigenvalue weighted by Gasteiger charge is -2.33. The molecule has 19 heavy (non-hydrogen) atoms. The fraction of sp³-hybridized carbons (Fsp3) is 0.545. The largest absolute Gasteiger partial charge is 0.386 e. The highest BCUT2D eigenvalue weighted by atomic mass is 79.9. The second-order valence-corrected chi connectivity index (χ2v) is 10.4. The number of thiophene rings is 1. The van der Waals surface area contributed by atoms with Crippen LogP contribution in [0.4, 0.5) is 0 Å². The number of aliphatic imine (C=N–C) groups is 1. The Kier molecular flexibility index (Phi) is 2.89. The van der Waals surface area contributed by atoms with Gasteiger partial charge in [-0.15, -0.1) is 11.3 Å². The minimum absolute atomic E-state index is 0.0344. The van der Waals surface area contributed by atoms with Crippen molar-refractivity contribution in [1.29, 1.82) is 0 Å². The molecule has 0 radical (unpaired) electrons. The van der Waals surface area contributed by atoms with Gasteiger partial charge in [-0.25, -0.2) is 8.42 Å². The first kappa shape index (κ1) is 13.9. The van der Waals surface area contributed by atoms with Gasteiger partial charge >= 0.3 is 0 Å². The molecule has 104 valence electrons. The molecule has 0 saturated heterocycles. The maximum atomic E-state index is 12.5. The quantitative estimate of drug-likeness (QED) is 0.810. The summed E-state index contributed by atoms with van der Waals surface area (Å²) in [6, 6.07) is 1.76. The third-order valence-electron chi connectivity index (χ3n) is 3.75. The van der Waals surface area contributed by atoms with Gasteiger partial charge in [-0.1, -0.05) is 11.6 Å². The standard InChI is InChI=1S/C11H12BrClN2O2S2/c1-10(8-6(13)4-7(12)18-8)5-19(16,17)11(2-3-11)9(14)15-10/h4H,2-3,5H2,1H3,(H2,14,15). The predicted molar refractivity (Wildman–Crippen MR) is 81.8 cm³/mol. The van der Waals surface area contributed by atoms with E-state index in [1.165, 1.54) is 11.3 Å². The molecular formula is C11H12BrClN2O2S2. The third kappa shape index (κ3) is 1.89. The average Bonchev–Trinajstić information content (AvgIpc) is 2.98. The van der Waals surface area contributed by atoms with Crippen LogP contribution in [0.5, 0.6) is 0 Å². The Hall–Kier alpha value is -0.110. The highest BCUT2D eigenvalue weighted by Crippen LogP contribution is 2.52. The summed E-state index contributed by atoms with van der Waals surface area (Å²) in [4.78, 5) is 5.23. The molecule has 2 N–H and O–H groups in total. The van der Waals surface area contributed by atoms with E-state index in [-0.39, 0.29) is 11.6 Å². The molecule has 4 nitrogen and oxygen atoms in total. The van der Waals surface area contributed by atoms with Gasteiger partial charge in [0.15, 0.2) is 9.84 Å². The Morgan fingerprint density at radius 2 is 2.16 bits per heavy atom. The molecule has 0 bridgehead atoms. The Labute approximate surface area is 129 Å². The van der Waals surface area contributed by atoms with Gasteiger partial charge in [0.05, 0.1) is 19.4 Å². The summed E-state index contributed by atoms with van der Waals surface area (Å²) in [6.07, 6.45) is 1.17. The van der Waals surface area contributed by atoms with E-state index in [0.717, 1.165) is 8.66 Å². The van der Waals surface area contributed by atoms with Crippen molar-refractivity contribution in [2.75, 3.05) is 5.75 Å². The molecule has 1 fully saturated rings. The predicted octanol–water partition coefficient (Wildman–Crippen LogP) is 2.70. The van der Waals surface area contributed by atoms with Gasteiger partial charge in [0.2, 0.25) is 0 Å². The molecule has 1 spiro atoms. The molecule has 1 aliphatic heterocycles. The summed E-state index contributed by atoms with van der Waals surface area (Å²) in [5.74, 6) is 0.203. The number of sulfone groups is 1. The fourth-order valence-electron chi connectivity index (χ4n) is 2.57. The topological polar surface area (TPSA) is 72.5 Å². The highest BCUT2D eigenvalue weighted by molar-refractivity contribution is 9.11. The van der Waals surface area contributed by atoms with Gasteiger partial charge in [0, 0.05) is 0 Å². The molecule has 1 unspecified atom stereocenters. The molecule has 1 saturated carbocycles. The van der Waals surface area contributed by atoms with Crippen molar-refractivity contribution >= 4 is 54.5 Å². The van der Waals surface area contributed by atoms with Crippen molar-refractivity contribution in [3.63, 3.8) is 0 Å². The smallest absolute Gasteiger partial charge is 0.165 e. The minimum Gasteiger partial charge on any atom is -0.386 e. The average molecular weight is 384 g/mol. The summed E-state index contributed by atoms with van der Waals surface area (Å²) in [7, 11) is -3.29. The first-order chi connectivity index (χ1) is 8.70. The number of nitrogens with zero attached hydrogens (tertiary/aromatic N) is 1. The minimum atomic E-state index is -3.29. The molecule has 3 rings (SSSR count). The second-order valence-electron chi connectivity index (χ2n) is 5.25. The van der Waals surface area contributed by atoms with Gasteiger partial charge in [0.1, 0.15) is 16.1 Å². The number of halogens is 2. The lowest BCUT2D eigenvalue weighted by atomic mass is 10.0. The Bertz CT molecular complexity index is 694. The van der Waals surface area contributed by atoms with Crippen molar-refractivity contribution < 1.29 is 8.42 Å². The maximum Gasteiger partial charge on any atom is 0.165 e. The van der Waals surface area contributed by atoms with E-state index in [9.17, 15) is 8.42 Å². The van der Waals surface area contributed by atoms with Crippen LogP contribution in [0, 0.1) is 0 Å². The number of nitrogens with two attached hydrogens (primary N) is 1. The molecule has 2 heterocycles. The number of hydrogen-bond donors (Lipinski definition) is 1. The van der Waals surface area contributed by atoms with Crippen molar-refractivity contribution in [2.45, 2.75) is 30.1 Å². The molecule has 1 atom stereocenters. The van der Waals surface area contributed by atoms with E-state index in [2.05, 4.69) is 20.9 Å². The molecular weight excluding hydrogens is 372 g/mol. The van der Waals surface area contributed by atoms with Crippen LogP contribution < -0.4 is 5.73 Å². The van der Waals surface area contributed by atoms with E-state index in [4.69, 9.17) is 17.3 Å².